The molecule has 18 heavy (non-hydrogen) atoms. The van der Waals surface area contributed by atoms with Gasteiger partial charge in [0.25, 0.3) is 0 Å². The van der Waals surface area contributed by atoms with E-state index in [1.165, 1.54) is 16.3 Å². The van der Waals surface area contributed by atoms with E-state index in [2.05, 4.69) is 53.1 Å². The van der Waals surface area contributed by atoms with Crippen molar-refractivity contribution in [2.75, 3.05) is 6.54 Å². The highest BCUT2D eigenvalue weighted by molar-refractivity contribution is 5.85. The van der Waals surface area contributed by atoms with Gasteiger partial charge in [-0.1, -0.05) is 42.5 Å². The second kappa shape index (κ2) is 4.78. The molecule has 1 fully saturated rings. The normalized spacial score (nSPS) is 19.1. The molecule has 0 radical (unpaired) electrons. The van der Waals surface area contributed by atoms with Gasteiger partial charge in [0.15, 0.2) is 0 Å². The molecule has 1 aliphatic rings. The first-order chi connectivity index (χ1) is 8.83. The molecule has 1 saturated heterocycles. The van der Waals surface area contributed by atoms with Crippen LogP contribution in [0.3, 0.4) is 0 Å². The fourth-order valence-electron chi connectivity index (χ4n) is 2.45. The van der Waals surface area contributed by atoms with E-state index in [-0.39, 0.29) is 11.9 Å². The summed E-state index contributed by atoms with van der Waals surface area (Å²) in [5.41, 5.74) is 1.28. The summed E-state index contributed by atoms with van der Waals surface area (Å²) in [5, 5.41) is 8.82. The topological polar surface area (TPSA) is 41.1 Å². The van der Waals surface area contributed by atoms with E-state index in [4.69, 9.17) is 0 Å². The smallest absolute Gasteiger partial charge is 0.221 e. The second-order valence-electron chi connectivity index (χ2n) is 4.72. The molecule has 3 nitrogen and oxygen atoms in total. The fraction of sp³-hybridized carbons (Fsp3) is 0.267. The van der Waals surface area contributed by atoms with Crippen LogP contribution in [-0.2, 0) is 11.3 Å². The van der Waals surface area contributed by atoms with Crippen molar-refractivity contribution in [1.82, 2.24) is 10.6 Å². The first kappa shape index (κ1) is 11.2. The average molecular weight is 240 g/mol. The van der Waals surface area contributed by atoms with E-state index in [9.17, 15) is 4.79 Å². The van der Waals surface area contributed by atoms with Gasteiger partial charge < -0.3 is 10.6 Å². The van der Waals surface area contributed by atoms with Crippen molar-refractivity contribution < 1.29 is 4.79 Å². The summed E-state index contributed by atoms with van der Waals surface area (Å²) in [6.07, 6.45) is 0.588. The zero-order chi connectivity index (χ0) is 12.4. The molecule has 1 heterocycles. The summed E-state index contributed by atoms with van der Waals surface area (Å²) in [4.78, 5) is 11.1. The van der Waals surface area contributed by atoms with Crippen molar-refractivity contribution >= 4 is 16.7 Å². The Morgan fingerprint density at radius 2 is 2.00 bits per heavy atom. The Morgan fingerprint density at radius 1 is 1.17 bits per heavy atom. The molecule has 0 bridgehead atoms. The van der Waals surface area contributed by atoms with Crippen molar-refractivity contribution in [3.63, 3.8) is 0 Å². The summed E-state index contributed by atoms with van der Waals surface area (Å²) in [6, 6.07) is 15.0. The minimum Gasteiger partial charge on any atom is -0.354 e. The maximum atomic E-state index is 11.1. The number of amides is 1. The van der Waals surface area contributed by atoms with Crippen molar-refractivity contribution in [3.8, 4) is 0 Å². The standard InChI is InChI=1S/C15H16N2O/c18-15-8-13(10-17-15)16-9-12-6-3-5-11-4-1-2-7-14(11)12/h1-7,13,16H,8-10H2,(H,17,18). The second-order valence-corrected chi connectivity index (χ2v) is 4.72. The predicted molar refractivity (Wildman–Crippen MR) is 72.2 cm³/mol. The van der Waals surface area contributed by atoms with E-state index in [1.807, 2.05) is 0 Å². The molecule has 1 amide bonds. The molecule has 3 rings (SSSR count). The maximum absolute atomic E-state index is 11.1. The molecule has 1 atom stereocenters. The molecule has 92 valence electrons. The van der Waals surface area contributed by atoms with Crippen molar-refractivity contribution in [1.29, 1.82) is 0 Å². The highest BCUT2D eigenvalue weighted by Gasteiger charge is 2.20. The van der Waals surface area contributed by atoms with Crippen molar-refractivity contribution in [2.24, 2.45) is 0 Å². The van der Waals surface area contributed by atoms with Gasteiger partial charge in [0.1, 0.15) is 0 Å². The number of carbonyl (C=O) groups is 1. The van der Waals surface area contributed by atoms with Crippen LogP contribution in [0, 0.1) is 0 Å². The lowest BCUT2D eigenvalue weighted by atomic mass is 10.0. The SMILES string of the molecule is O=C1CC(NCc2cccc3ccccc23)CN1. The number of hydrogen-bond donors (Lipinski definition) is 2. The number of benzene rings is 2. The molecule has 1 unspecified atom stereocenters. The minimum atomic E-state index is 0.144. The number of hydrogen-bond acceptors (Lipinski definition) is 2. The summed E-state index contributed by atoms with van der Waals surface area (Å²) in [5.74, 6) is 0.144. The lowest BCUT2D eigenvalue weighted by Gasteiger charge is -2.12. The van der Waals surface area contributed by atoms with Crippen LogP contribution in [0.5, 0.6) is 0 Å². The fourth-order valence-corrected chi connectivity index (χ4v) is 2.45. The Morgan fingerprint density at radius 3 is 2.83 bits per heavy atom. The number of carbonyl (C=O) groups excluding carboxylic acids is 1. The average Bonchev–Trinajstić information content (AvgIpc) is 2.82. The molecule has 1 aliphatic heterocycles. The third-order valence-electron chi connectivity index (χ3n) is 3.44. The lowest BCUT2D eigenvalue weighted by molar-refractivity contribution is -0.119. The Balaban J connectivity index is 1.76. The number of rotatable bonds is 3. The Hall–Kier alpha value is -1.87. The molecule has 2 N–H and O–H groups in total. The third-order valence-corrected chi connectivity index (χ3v) is 3.44. The first-order valence-corrected chi connectivity index (χ1v) is 6.29. The zero-order valence-corrected chi connectivity index (χ0v) is 10.1. The highest BCUT2D eigenvalue weighted by Crippen LogP contribution is 2.18. The van der Waals surface area contributed by atoms with E-state index in [0.717, 1.165) is 13.1 Å². The van der Waals surface area contributed by atoms with E-state index in [1.54, 1.807) is 0 Å². The Bertz CT molecular complexity index is 574. The van der Waals surface area contributed by atoms with Crippen LogP contribution >= 0.6 is 0 Å². The van der Waals surface area contributed by atoms with Gasteiger partial charge in [-0.2, -0.15) is 0 Å². The summed E-state index contributed by atoms with van der Waals surface area (Å²) < 4.78 is 0. The van der Waals surface area contributed by atoms with Gasteiger partial charge >= 0.3 is 0 Å². The monoisotopic (exact) mass is 240 g/mol. The minimum absolute atomic E-state index is 0.144. The van der Waals surface area contributed by atoms with Crippen LogP contribution in [0.4, 0.5) is 0 Å². The molecule has 0 spiro atoms. The molecule has 0 aliphatic carbocycles. The van der Waals surface area contributed by atoms with Crippen LogP contribution in [0.25, 0.3) is 10.8 Å². The first-order valence-electron chi connectivity index (χ1n) is 6.29. The summed E-state index contributed by atoms with van der Waals surface area (Å²) >= 11 is 0. The quantitative estimate of drug-likeness (QED) is 0.859. The molecule has 0 saturated carbocycles. The van der Waals surface area contributed by atoms with Crippen LogP contribution in [0.2, 0.25) is 0 Å². The number of nitrogens with one attached hydrogen (secondary N) is 2. The van der Waals surface area contributed by atoms with Gasteiger partial charge in [-0.05, 0) is 16.3 Å². The summed E-state index contributed by atoms with van der Waals surface area (Å²) in [6.45, 7) is 1.55. The van der Waals surface area contributed by atoms with Gasteiger partial charge in [0, 0.05) is 25.6 Å². The van der Waals surface area contributed by atoms with E-state index in [0.29, 0.717) is 6.42 Å². The molecular weight excluding hydrogens is 224 g/mol. The van der Waals surface area contributed by atoms with Gasteiger partial charge in [-0.3, -0.25) is 4.79 Å². The van der Waals surface area contributed by atoms with Crippen LogP contribution < -0.4 is 10.6 Å². The zero-order valence-electron chi connectivity index (χ0n) is 10.1. The molecule has 2 aromatic rings. The molecule has 2 aromatic carbocycles. The predicted octanol–water partition coefficient (Wildman–Crippen LogP) is 1.82. The third kappa shape index (κ3) is 2.22. The van der Waals surface area contributed by atoms with E-state index >= 15 is 0 Å². The van der Waals surface area contributed by atoms with Gasteiger partial charge in [0.2, 0.25) is 5.91 Å². The largest absolute Gasteiger partial charge is 0.354 e. The van der Waals surface area contributed by atoms with Crippen molar-refractivity contribution in [3.05, 3.63) is 48.0 Å². The van der Waals surface area contributed by atoms with Gasteiger partial charge in [-0.25, -0.2) is 0 Å². The lowest BCUT2D eigenvalue weighted by Crippen LogP contribution is -2.30. The highest BCUT2D eigenvalue weighted by atomic mass is 16.1. The van der Waals surface area contributed by atoms with Crippen LogP contribution in [0.1, 0.15) is 12.0 Å². The van der Waals surface area contributed by atoms with Crippen molar-refractivity contribution in [2.45, 2.75) is 19.0 Å². The summed E-state index contributed by atoms with van der Waals surface area (Å²) in [7, 11) is 0. The molecule has 3 heteroatoms. The van der Waals surface area contributed by atoms with Gasteiger partial charge in [-0.15, -0.1) is 0 Å². The molecular formula is C15H16N2O. The van der Waals surface area contributed by atoms with Gasteiger partial charge in [0.05, 0.1) is 0 Å². The van der Waals surface area contributed by atoms with E-state index < -0.39 is 0 Å². The Labute approximate surface area is 106 Å². The van der Waals surface area contributed by atoms with Crippen LogP contribution in [-0.4, -0.2) is 18.5 Å². The maximum Gasteiger partial charge on any atom is 0.221 e. The Kier molecular flexibility index (Phi) is 2.99. The molecule has 0 aromatic heterocycles. The van der Waals surface area contributed by atoms with Crippen LogP contribution in [0.15, 0.2) is 42.5 Å². The number of fused-ring (bicyclic) bond motifs is 1.